The van der Waals surface area contributed by atoms with E-state index in [1.165, 1.54) is 102 Å². The highest BCUT2D eigenvalue weighted by Crippen LogP contribution is 2.23. The van der Waals surface area contributed by atoms with Crippen LogP contribution in [0.4, 0.5) is 0 Å². The molecule has 146 valence electrons. The summed E-state index contributed by atoms with van der Waals surface area (Å²) in [6, 6.07) is 0. The summed E-state index contributed by atoms with van der Waals surface area (Å²) in [5, 5.41) is 5.13. The summed E-state index contributed by atoms with van der Waals surface area (Å²) in [6.07, 6.45) is 19.5. The predicted molar refractivity (Wildman–Crippen MR) is 111 cm³/mol. The van der Waals surface area contributed by atoms with Crippen molar-refractivity contribution in [2.24, 2.45) is 0 Å². The molecule has 0 bridgehead atoms. The van der Waals surface area contributed by atoms with Crippen LogP contribution in [0.15, 0.2) is 0 Å². The van der Waals surface area contributed by atoms with Gasteiger partial charge in [0.05, 0.1) is 5.69 Å². The lowest BCUT2D eigenvalue weighted by molar-refractivity contribution is 0.520. The van der Waals surface area contributed by atoms with Gasteiger partial charge >= 0.3 is 0 Å². The van der Waals surface area contributed by atoms with Crippen molar-refractivity contribution in [1.29, 1.82) is 0 Å². The van der Waals surface area contributed by atoms with Gasteiger partial charge in [-0.05, 0) is 50.5 Å². The van der Waals surface area contributed by atoms with E-state index in [9.17, 15) is 0 Å². The Bertz CT molecular complexity index is 395. The van der Waals surface area contributed by atoms with Crippen LogP contribution in [0.25, 0.3) is 0 Å². The number of hydrogen-bond donors (Lipinski definition) is 0. The van der Waals surface area contributed by atoms with Gasteiger partial charge in [-0.15, -0.1) is 0 Å². The molecule has 1 aromatic rings. The molecule has 0 atom stereocenters. The van der Waals surface area contributed by atoms with E-state index in [1.807, 2.05) is 0 Å². The molecule has 0 fully saturated rings. The maximum Gasteiger partial charge on any atom is 0.0659 e. The van der Waals surface area contributed by atoms with Crippen molar-refractivity contribution in [3.8, 4) is 0 Å². The average molecular weight is 349 g/mol. The zero-order valence-electron chi connectivity index (χ0n) is 17.7. The van der Waals surface area contributed by atoms with Gasteiger partial charge in [0.1, 0.15) is 0 Å². The van der Waals surface area contributed by atoms with Gasteiger partial charge in [-0.1, -0.05) is 79.1 Å². The fraction of sp³-hybridized carbons (Fsp3) is 0.870. The summed E-state index contributed by atoms with van der Waals surface area (Å²) < 4.78 is 2.41. The second-order valence-electron chi connectivity index (χ2n) is 7.67. The normalized spacial score (nSPS) is 11.4. The Morgan fingerprint density at radius 1 is 0.600 bits per heavy atom. The SMILES string of the molecule is CCCCCc1nn(CCCCC)c(CCCCC)c1CCCCC. The first-order valence-electron chi connectivity index (χ1n) is 11.4. The molecule has 0 aliphatic carbocycles. The Morgan fingerprint density at radius 3 is 1.72 bits per heavy atom. The number of aryl methyl sites for hydroxylation is 2. The molecule has 25 heavy (non-hydrogen) atoms. The van der Waals surface area contributed by atoms with Crippen molar-refractivity contribution in [1.82, 2.24) is 9.78 Å². The highest BCUT2D eigenvalue weighted by Gasteiger charge is 2.16. The first kappa shape index (κ1) is 22.3. The topological polar surface area (TPSA) is 17.8 Å². The zero-order valence-corrected chi connectivity index (χ0v) is 17.7. The fourth-order valence-electron chi connectivity index (χ4n) is 3.69. The molecule has 0 aliphatic heterocycles. The lowest BCUT2D eigenvalue weighted by Crippen LogP contribution is -2.07. The third kappa shape index (κ3) is 8.42. The smallest absolute Gasteiger partial charge is 0.0659 e. The monoisotopic (exact) mass is 348 g/mol. The number of rotatable bonds is 16. The summed E-state index contributed by atoms with van der Waals surface area (Å²) in [7, 11) is 0. The fourth-order valence-corrected chi connectivity index (χ4v) is 3.69. The highest BCUT2D eigenvalue weighted by atomic mass is 15.3. The van der Waals surface area contributed by atoms with Crippen molar-refractivity contribution >= 4 is 0 Å². The van der Waals surface area contributed by atoms with Crippen LogP contribution in [-0.2, 0) is 25.8 Å². The molecule has 1 heterocycles. The van der Waals surface area contributed by atoms with Crippen LogP contribution < -0.4 is 0 Å². The van der Waals surface area contributed by atoms with Crippen molar-refractivity contribution in [3.05, 3.63) is 17.0 Å². The largest absolute Gasteiger partial charge is 0.269 e. The first-order valence-corrected chi connectivity index (χ1v) is 11.4. The van der Waals surface area contributed by atoms with Crippen LogP contribution >= 0.6 is 0 Å². The van der Waals surface area contributed by atoms with Crippen LogP contribution in [0.2, 0.25) is 0 Å². The van der Waals surface area contributed by atoms with Crippen LogP contribution in [0, 0.1) is 0 Å². The van der Waals surface area contributed by atoms with Crippen molar-refractivity contribution in [2.45, 2.75) is 131 Å². The molecule has 0 saturated heterocycles. The molecule has 2 nitrogen and oxygen atoms in total. The van der Waals surface area contributed by atoms with E-state index in [2.05, 4.69) is 32.4 Å². The predicted octanol–water partition coefficient (Wildman–Crippen LogP) is 7.27. The minimum absolute atomic E-state index is 1.13. The molecule has 0 aromatic carbocycles. The van der Waals surface area contributed by atoms with Gasteiger partial charge in [0.25, 0.3) is 0 Å². The number of hydrogen-bond acceptors (Lipinski definition) is 1. The molecule has 0 unspecified atom stereocenters. The van der Waals surface area contributed by atoms with Crippen molar-refractivity contribution in [2.75, 3.05) is 0 Å². The Kier molecular flexibility index (Phi) is 12.8. The lowest BCUT2D eigenvalue weighted by Gasteiger charge is -2.10. The summed E-state index contributed by atoms with van der Waals surface area (Å²) in [4.78, 5) is 0. The van der Waals surface area contributed by atoms with Gasteiger partial charge in [0.15, 0.2) is 0 Å². The van der Waals surface area contributed by atoms with E-state index < -0.39 is 0 Å². The Labute approximate surface area is 157 Å². The van der Waals surface area contributed by atoms with E-state index in [4.69, 9.17) is 5.10 Å². The second-order valence-corrected chi connectivity index (χ2v) is 7.67. The van der Waals surface area contributed by atoms with Crippen LogP contribution in [0.5, 0.6) is 0 Å². The quantitative estimate of drug-likeness (QED) is 0.287. The zero-order chi connectivity index (χ0) is 18.3. The molecule has 0 saturated carbocycles. The molecule has 0 amide bonds. The van der Waals surface area contributed by atoms with E-state index in [0.29, 0.717) is 0 Å². The number of nitrogens with zero attached hydrogens (tertiary/aromatic N) is 2. The molecule has 0 N–H and O–H groups in total. The Hall–Kier alpha value is -0.790. The molecule has 1 rings (SSSR count). The minimum atomic E-state index is 1.13. The van der Waals surface area contributed by atoms with E-state index in [0.717, 1.165) is 6.54 Å². The average Bonchev–Trinajstić information content (AvgIpc) is 2.93. The highest BCUT2D eigenvalue weighted by molar-refractivity contribution is 5.27. The van der Waals surface area contributed by atoms with E-state index in [-0.39, 0.29) is 0 Å². The Balaban J connectivity index is 2.93. The van der Waals surface area contributed by atoms with E-state index >= 15 is 0 Å². The minimum Gasteiger partial charge on any atom is -0.269 e. The van der Waals surface area contributed by atoms with Gasteiger partial charge < -0.3 is 0 Å². The summed E-state index contributed by atoms with van der Waals surface area (Å²) in [5.74, 6) is 0. The number of unbranched alkanes of at least 4 members (excludes halogenated alkanes) is 8. The van der Waals surface area contributed by atoms with Gasteiger partial charge in [-0.25, -0.2) is 0 Å². The molecule has 0 radical (unpaired) electrons. The summed E-state index contributed by atoms with van der Waals surface area (Å²) in [6.45, 7) is 10.3. The molecule has 1 aromatic heterocycles. The maximum absolute atomic E-state index is 5.13. The molecular formula is C23H44N2. The molecule has 0 spiro atoms. The van der Waals surface area contributed by atoms with Crippen LogP contribution in [0.1, 0.15) is 122 Å². The third-order valence-corrected chi connectivity index (χ3v) is 5.29. The standard InChI is InChI=1S/C23H44N2/c1-5-9-13-17-21-22(18-14-10-6-2)24-25(20-16-12-8-4)23(21)19-15-11-7-3/h5-20H2,1-4H3. The van der Waals surface area contributed by atoms with Gasteiger partial charge in [-0.2, -0.15) is 5.10 Å². The lowest BCUT2D eigenvalue weighted by atomic mass is 9.98. The first-order chi connectivity index (χ1) is 12.3. The van der Waals surface area contributed by atoms with Crippen LogP contribution in [0.3, 0.4) is 0 Å². The summed E-state index contributed by atoms with van der Waals surface area (Å²) >= 11 is 0. The van der Waals surface area contributed by atoms with Gasteiger partial charge in [0.2, 0.25) is 0 Å². The van der Waals surface area contributed by atoms with Crippen molar-refractivity contribution in [3.63, 3.8) is 0 Å². The third-order valence-electron chi connectivity index (χ3n) is 5.29. The van der Waals surface area contributed by atoms with Gasteiger partial charge in [0, 0.05) is 12.2 Å². The van der Waals surface area contributed by atoms with Crippen LogP contribution in [-0.4, -0.2) is 9.78 Å². The molecular weight excluding hydrogens is 304 g/mol. The molecule has 0 aliphatic rings. The summed E-state index contributed by atoms with van der Waals surface area (Å²) in [5.41, 5.74) is 4.66. The Morgan fingerprint density at radius 2 is 1.12 bits per heavy atom. The molecule has 2 heteroatoms. The van der Waals surface area contributed by atoms with E-state index in [1.54, 1.807) is 11.3 Å². The van der Waals surface area contributed by atoms with Gasteiger partial charge in [-0.3, -0.25) is 4.68 Å². The number of aromatic nitrogens is 2. The maximum atomic E-state index is 5.13. The van der Waals surface area contributed by atoms with Crippen molar-refractivity contribution < 1.29 is 0 Å². The second kappa shape index (κ2) is 14.4.